The maximum Gasteiger partial charge on any atom is 0.147 e. The smallest absolute Gasteiger partial charge is 0.147 e. The Kier molecular flexibility index (Phi) is 3.54. The van der Waals surface area contributed by atoms with E-state index in [0.717, 1.165) is 6.26 Å². The van der Waals surface area contributed by atoms with Gasteiger partial charge in [0, 0.05) is 18.6 Å². The van der Waals surface area contributed by atoms with Gasteiger partial charge >= 0.3 is 0 Å². The van der Waals surface area contributed by atoms with Gasteiger partial charge in [0.1, 0.15) is 9.84 Å². The summed E-state index contributed by atoms with van der Waals surface area (Å²) in [7, 11) is -3.04. The van der Waals surface area contributed by atoms with E-state index in [1.165, 1.54) is 18.6 Å². The van der Waals surface area contributed by atoms with Crippen molar-refractivity contribution in [3.05, 3.63) is 24.3 Å². The van der Waals surface area contributed by atoms with Gasteiger partial charge in [-0.2, -0.15) is 0 Å². The molecule has 0 radical (unpaired) electrons. The van der Waals surface area contributed by atoms with Crippen LogP contribution in [0.1, 0.15) is 18.2 Å². The maximum atomic E-state index is 10.8. The van der Waals surface area contributed by atoms with Crippen molar-refractivity contribution >= 4 is 9.84 Å². The third kappa shape index (κ3) is 3.80. The first kappa shape index (κ1) is 11.1. The third-order valence-electron chi connectivity index (χ3n) is 1.69. The number of sulfone groups is 1. The van der Waals surface area contributed by atoms with Crippen LogP contribution in [0.4, 0.5) is 0 Å². The molecule has 78 valence electrons. The molecule has 0 aliphatic carbocycles. The van der Waals surface area contributed by atoms with Crippen molar-refractivity contribution in [2.45, 2.75) is 12.5 Å². The highest BCUT2D eigenvalue weighted by Crippen LogP contribution is 2.12. The number of nitrogens with zero attached hydrogens (tertiary/aromatic N) is 2. The van der Waals surface area contributed by atoms with Gasteiger partial charge in [-0.05, 0) is 6.42 Å². The van der Waals surface area contributed by atoms with Gasteiger partial charge in [-0.25, -0.2) is 8.42 Å². The fourth-order valence-electron chi connectivity index (χ4n) is 0.956. The zero-order chi connectivity index (χ0) is 10.6. The molecule has 5 nitrogen and oxygen atoms in total. The van der Waals surface area contributed by atoms with Crippen LogP contribution in [0.2, 0.25) is 0 Å². The van der Waals surface area contributed by atoms with Gasteiger partial charge in [0.05, 0.1) is 23.7 Å². The minimum absolute atomic E-state index is 0.0509. The number of hydrogen-bond acceptors (Lipinski definition) is 5. The Bertz CT molecular complexity index is 377. The molecule has 1 unspecified atom stereocenters. The first-order valence-corrected chi connectivity index (χ1v) is 6.17. The Balaban J connectivity index is 2.56. The second kappa shape index (κ2) is 4.47. The molecule has 1 rings (SSSR count). The molecule has 0 aromatic carbocycles. The normalized spacial score (nSPS) is 13.9. The molecule has 0 aliphatic rings. The van der Waals surface area contributed by atoms with Crippen LogP contribution in [0.3, 0.4) is 0 Å². The minimum Gasteiger partial charge on any atom is -0.387 e. The molecule has 0 saturated carbocycles. The first-order chi connectivity index (χ1) is 6.49. The summed E-state index contributed by atoms with van der Waals surface area (Å²) in [6.45, 7) is 0. The van der Waals surface area contributed by atoms with Crippen LogP contribution in [0.15, 0.2) is 18.6 Å². The molecule has 1 atom stereocenters. The SMILES string of the molecule is CS(=O)(=O)CCC(O)c1cnccn1. The predicted octanol–water partition coefficient (Wildman–Crippen LogP) is -0.0553. The van der Waals surface area contributed by atoms with Crippen molar-refractivity contribution in [2.24, 2.45) is 0 Å². The van der Waals surface area contributed by atoms with Crippen molar-refractivity contribution < 1.29 is 13.5 Å². The molecule has 0 saturated heterocycles. The van der Waals surface area contributed by atoms with Crippen LogP contribution in [-0.2, 0) is 9.84 Å². The molecule has 1 aromatic heterocycles. The van der Waals surface area contributed by atoms with Crippen molar-refractivity contribution in [3.8, 4) is 0 Å². The van der Waals surface area contributed by atoms with Gasteiger partial charge in [-0.1, -0.05) is 0 Å². The molecule has 0 aliphatic heterocycles. The molecule has 0 bridgehead atoms. The number of hydrogen-bond donors (Lipinski definition) is 1. The number of rotatable bonds is 4. The molecule has 1 N–H and O–H groups in total. The summed E-state index contributed by atoms with van der Waals surface area (Å²) in [4.78, 5) is 7.65. The first-order valence-electron chi connectivity index (χ1n) is 4.11. The van der Waals surface area contributed by atoms with Gasteiger partial charge in [0.2, 0.25) is 0 Å². The average molecular weight is 216 g/mol. The fourth-order valence-corrected chi connectivity index (χ4v) is 1.61. The Morgan fingerprint density at radius 3 is 2.71 bits per heavy atom. The fraction of sp³-hybridized carbons (Fsp3) is 0.500. The third-order valence-corrected chi connectivity index (χ3v) is 2.66. The lowest BCUT2D eigenvalue weighted by Gasteiger charge is -2.07. The van der Waals surface area contributed by atoms with Crippen LogP contribution in [-0.4, -0.2) is 35.5 Å². The summed E-state index contributed by atoms with van der Waals surface area (Å²) in [5.74, 6) is -0.0509. The van der Waals surface area contributed by atoms with Gasteiger partial charge in [0.15, 0.2) is 0 Å². The molecular weight excluding hydrogens is 204 g/mol. The van der Waals surface area contributed by atoms with Crippen molar-refractivity contribution in [1.29, 1.82) is 0 Å². The number of aromatic nitrogens is 2. The lowest BCUT2D eigenvalue weighted by atomic mass is 10.2. The van der Waals surface area contributed by atoms with E-state index < -0.39 is 15.9 Å². The number of aliphatic hydroxyl groups excluding tert-OH is 1. The second-order valence-corrected chi connectivity index (χ2v) is 5.32. The summed E-state index contributed by atoms with van der Waals surface area (Å²) in [6, 6.07) is 0. The number of aliphatic hydroxyl groups is 1. The lowest BCUT2D eigenvalue weighted by molar-refractivity contribution is 0.169. The standard InChI is InChI=1S/C8H12N2O3S/c1-14(12,13)5-2-8(11)7-6-9-3-4-10-7/h3-4,6,8,11H,2,5H2,1H3. The van der Waals surface area contributed by atoms with Crippen LogP contribution in [0.25, 0.3) is 0 Å². The monoisotopic (exact) mass is 216 g/mol. The van der Waals surface area contributed by atoms with Gasteiger partial charge in [0.25, 0.3) is 0 Å². The van der Waals surface area contributed by atoms with E-state index in [0.29, 0.717) is 5.69 Å². The Morgan fingerprint density at radius 1 is 1.50 bits per heavy atom. The van der Waals surface area contributed by atoms with E-state index in [1.807, 2.05) is 0 Å². The molecule has 14 heavy (non-hydrogen) atoms. The maximum absolute atomic E-state index is 10.8. The molecule has 0 spiro atoms. The Labute approximate surface area is 82.8 Å². The molecule has 0 fully saturated rings. The zero-order valence-corrected chi connectivity index (χ0v) is 8.61. The Hall–Kier alpha value is -1.01. The predicted molar refractivity (Wildman–Crippen MR) is 51.3 cm³/mol. The van der Waals surface area contributed by atoms with E-state index in [4.69, 9.17) is 0 Å². The van der Waals surface area contributed by atoms with E-state index in [2.05, 4.69) is 9.97 Å². The van der Waals surface area contributed by atoms with Crippen LogP contribution < -0.4 is 0 Å². The summed E-state index contributed by atoms with van der Waals surface area (Å²) in [5.41, 5.74) is 0.399. The van der Waals surface area contributed by atoms with Gasteiger partial charge in [-0.3, -0.25) is 9.97 Å². The van der Waals surface area contributed by atoms with Crippen LogP contribution in [0, 0.1) is 0 Å². The highest BCUT2D eigenvalue weighted by Gasteiger charge is 2.12. The van der Waals surface area contributed by atoms with Crippen molar-refractivity contribution in [1.82, 2.24) is 9.97 Å². The van der Waals surface area contributed by atoms with Gasteiger partial charge in [-0.15, -0.1) is 0 Å². The molecular formula is C8H12N2O3S. The van der Waals surface area contributed by atoms with Crippen LogP contribution in [0.5, 0.6) is 0 Å². The summed E-state index contributed by atoms with van der Waals surface area (Å²) < 4.78 is 21.6. The topological polar surface area (TPSA) is 80.2 Å². The van der Waals surface area contributed by atoms with E-state index >= 15 is 0 Å². The highest BCUT2D eigenvalue weighted by molar-refractivity contribution is 7.90. The second-order valence-electron chi connectivity index (χ2n) is 3.06. The molecule has 6 heteroatoms. The lowest BCUT2D eigenvalue weighted by Crippen LogP contribution is -2.09. The van der Waals surface area contributed by atoms with Gasteiger partial charge < -0.3 is 5.11 Å². The summed E-state index contributed by atoms with van der Waals surface area (Å²) in [5, 5.41) is 9.52. The van der Waals surface area contributed by atoms with Crippen LogP contribution >= 0.6 is 0 Å². The Morgan fingerprint density at radius 2 is 2.21 bits per heavy atom. The van der Waals surface area contributed by atoms with E-state index in [1.54, 1.807) is 0 Å². The van der Waals surface area contributed by atoms with Crippen molar-refractivity contribution in [3.63, 3.8) is 0 Å². The van der Waals surface area contributed by atoms with E-state index in [9.17, 15) is 13.5 Å². The zero-order valence-electron chi connectivity index (χ0n) is 7.79. The molecule has 1 aromatic rings. The highest BCUT2D eigenvalue weighted by atomic mass is 32.2. The van der Waals surface area contributed by atoms with E-state index in [-0.39, 0.29) is 12.2 Å². The largest absolute Gasteiger partial charge is 0.387 e. The molecule has 1 heterocycles. The summed E-state index contributed by atoms with van der Waals surface area (Å²) in [6.07, 6.45) is 4.80. The summed E-state index contributed by atoms with van der Waals surface area (Å²) >= 11 is 0. The quantitative estimate of drug-likeness (QED) is 0.763. The van der Waals surface area contributed by atoms with Crippen molar-refractivity contribution in [2.75, 3.05) is 12.0 Å². The average Bonchev–Trinajstić information content (AvgIpc) is 2.14. The molecule has 0 amide bonds. The minimum atomic E-state index is -3.04.